The molecule has 0 bridgehead atoms. The van der Waals surface area contributed by atoms with Crippen LogP contribution in [0.1, 0.15) is 33.3 Å². The van der Waals surface area contributed by atoms with Gasteiger partial charge in [-0.25, -0.2) is 4.79 Å². The second kappa shape index (κ2) is 11.8. The lowest BCUT2D eigenvalue weighted by Gasteiger charge is -2.30. The number of benzene rings is 1. The summed E-state index contributed by atoms with van der Waals surface area (Å²) >= 11 is 0. The van der Waals surface area contributed by atoms with Gasteiger partial charge in [0.15, 0.2) is 0 Å². The Hall–Kier alpha value is -1.69. The van der Waals surface area contributed by atoms with Gasteiger partial charge in [-0.3, -0.25) is 0 Å². The predicted molar refractivity (Wildman–Crippen MR) is 101 cm³/mol. The molecule has 0 aliphatic heterocycles. The highest BCUT2D eigenvalue weighted by atomic mass is 16.5. The first-order valence-corrected chi connectivity index (χ1v) is 9.19. The van der Waals surface area contributed by atoms with Crippen LogP contribution in [0, 0.1) is 17.8 Å². The first-order chi connectivity index (χ1) is 12.4. The molecule has 0 aromatic heterocycles. The van der Waals surface area contributed by atoms with Crippen molar-refractivity contribution in [3.05, 3.63) is 48.0 Å². The molecule has 5 atom stereocenters. The quantitative estimate of drug-likeness (QED) is 0.466. The van der Waals surface area contributed by atoms with E-state index in [0.717, 1.165) is 5.56 Å². The lowest BCUT2D eigenvalue weighted by atomic mass is 9.84. The molecular weight excluding hydrogens is 332 g/mol. The van der Waals surface area contributed by atoms with Crippen molar-refractivity contribution in [2.75, 3.05) is 13.2 Å². The Morgan fingerprint density at radius 2 is 1.77 bits per heavy atom. The molecule has 0 amide bonds. The van der Waals surface area contributed by atoms with Crippen LogP contribution in [0.15, 0.2) is 42.5 Å². The molecule has 0 spiro atoms. The summed E-state index contributed by atoms with van der Waals surface area (Å²) in [5, 5.41) is 21.0. The topological polar surface area (TPSA) is 76.0 Å². The number of hydrogen-bond donors (Lipinski definition) is 2. The molecular formula is C21H32O5. The molecule has 0 saturated carbocycles. The highest BCUT2D eigenvalue weighted by Gasteiger charge is 2.29. The Morgan fingerprint density at radius 3 is 2.38 bits per heavy atom. The fourth-order valence-corrected chi connectivity index (χ4v) is 2.77. The van der Waals surface area contributed by atoms with E-state index in [9.17, 15) is 15.0 Å². The predicted octanol–water partition coefficient (Wildman–Crippen LogP) is 2.95. The number of carbonyl (C=O) groups is 1. The van der Waals surface area contributed by atoms with Gasteiger partial charge in [-0.2, -0.15) is 0 Å². The maximum Gasteiger partial charge on any atom is 0.330 e. The van der Waals surface area contributed by atoms with E-state index >= 15 is 0 Å². The van der Waals surface area contributed by atoms with E-state index in [0.29, 0.717) is 19.8 Å². The van der Waals surface area contributed by atoms with Gasteiger partial charge < -0.3 is 19.7 Å². The van der Waals surface area contributed by atoms with Gasteiger partial charge in [0.25, 0.3) is 0 Å². The van der Waals surface area contributed by atoms with Crippen molar-refractivity contribution in [1.29, 1.82) is 0 Å². The Labute approximate surface area is 156 Å². The van der Waals surface area contributed by atoms with Crippen LogP contribution in [-0.2, 0) is 20.9 Å². The fourth-order valence-electron chi connectivity index (χ4n) is 2.77. The third kappa shape index (κ3) is 7.68. The number of hydrogen-bond acceptors (Lipinski definition) is 5. The van der Waals surface area contributed by atoms with E-state index in [4.69, 9.17) is 9.47 Å². The molecule has 1 aromatic rings. The zero-order valence-corrected chi connectivity index (χ0v) is 16.2. The zero-order chi connectivity index (χ0) is 19.5. The largest absolute Gasteiger partial charge is 0.463 e. The molecule has 26 heavy (non-hydrogen) atoms. The summed E-state index contributed by atoms with van der Waals surface area (Å²) in [7, 11) is 0. The zero-order valence-electron chi connectivity index (χ0n) is 16.2. The minimum Gasteiger partial charge on any atom is -0.463 e. The molecule has 1 rings (SSSR count). The van der Waals surface area contributed by atoms with Crippen LogP contribution in [0.4, 0.5) is 0 Å². The number of carbonyl (C=O) groups excluding carboxylic acids is 1. The molecule has 146 valence electrons. The van der Waals surface area contributed by atoms with Crippen LogP contribution < -0.4 is 0 Å². The number of esters is 1. The second-order valence-electron chi connectivity index (χ2n) is 6.79. The maximum absolute atomic E-state index is 11.4. The highest BCUT2D eigenvalue weighted by Crippen LogP contribution is 2.22. The van der Waals surface area contributed by atoms with Gasteiger partial charge >= 0.3 is 5.97 Å². The van der Waals surface area contributed by atoms with Crippen molar-refractivity contribution in [2.45, 2.75) is 46.5 Å². The Bertz CT molecular complexity index is 543. The molecule has 2 N–H and O–H groups in total. The molecule has 5 nitrogen and oxygen atoms in total. The van der Waals surface area contributed by atoms with Crippen molar-refractivity contribution in [2.24, 2.45) is 17.8 Å². The van der Waals surface area contributed by atoms with E-state index < -0.39 is 18.2 Å². The van der Waals surface area contributed by atoms with Crippen LogP contribution in [0.25, 0.3) is 0 Å². The van der Waals surface area contributed by atoms with Gasteiger partial charge in [0, 0.05) is 23.8 Å². The van der Waals surface area contributed by atoms with Crippen LogP contribution in [0.5, 0.6) is 0 Å². The summed E-state index contributed by atoms with van der Waals surface area (Å²) < 4.78 is 10.5. The summed E-state index contributed by atoms with van der Waals surface area (Å²) in [6.45, 7) is 8.46. The molecule has 0 aliphatic rings. The minimum atomic E-state index is -0.771. The molecule has 0 fully saturated rings. The third-order valence-corrected chi connectivity index (χ3v) is 4.51. The van der Waals surface area contributed by atoms with Gasteiger partial charge in [0.1, 0.15) is 0 Å². The standard InChI is InChI=1S/C21H32O5/c1-5-26-19(22)12-11-15(2)20(23)17(4)21(24)16(3)13-25-14-18-9-7-6-8-10-18/h6-12,15-17,20-21,23-24H,5,13-14H2,1-4H3/b12-11+/t15-,16-,17+,20-,21-/m0/s1. The van der Waals surface area contributed by atoms with E-state index in [2.05, 4.69) is 0 Å². The third-order valence-electron chi connectivity index (χ3n) is 4.51. The van der Waals surface area contributed by atoms with Crippen molar-refractivity contribution in [3.8, 4) is 0 Å². The summed E-state index contributed by atoms with van der Waals surface area (Å²) in [6, 6.07) is 9.85. The lowest BCUT2D eigenvalue weighted by Crippen LogP contribution is -2.38. The SMILES string of the molecule is CCOC(=O)/C=C/[C@H](C)[C@H](O)[C@@H](C)[C@@H](O)[C@@H](C)COCc1ccccc1. The lowest BCUT2D eigenvalue weighted by molar-refractivity contribution is -0.137. The van der Waals surface area contributed by atoms with Crippen molar-refractivity contribution in [3.63, 3.8) is 0 Å². The maximum atomic E-state index is 11.4. The van der Waals surface area contributed by atoms with Crippen molar-refractivity contribution in [1.82, 2.24) is 0 Å². The molecule has 5 heteroatoms. The van der Waals surface area contributed by atoms with Gasteiger partial charge in [-0.1, -0.05) is 57.2 Å². The minimum absolute atomic E-state index is 0.121. The Morgan fingerprint density at radius 1 is 1.12 bits per heavy atom. The molecule has 1 aromatic carbocycles. The smallest absolute Gasteiger partial charge is 0.330 e. The molecule has 0 aliphatic carbocycles. The van der Waals surface area contributed by atoms with Crippen molar-refractivity contribution >= 4 is 5.97 Å². The summed E-state index contributed by atoms with van der Waals surface area (Å²) in [5.74, 6) is -1.18. The van der Waals surface area contributed by atoms with E-state index in [1.807, 2.05) is 37.3 Å². The van der Waals surface area contributed by atoms with Crippen LogP contribution in [-0.4, -0.2) is 41.6 Å². The van der Waals surface area contributed by atoms with E-state index in [-0.39, 0.29) is 17.8 Å². The summed E-state index contributed by atoms with van der Waals surface area (Å²) in [4.78, 5) is 11.4. The van der Waals surface area contributed by atoms with Gasteiger partial charge in [0.2, 0.25) is 0 Å². The van der Waals surface area contributed by atoms with Gasteiger partial charge in [0.05, 0.1) is 32.0 Å². The monoisotopic (exact) mass is 364 g/mol. The number of aliphatic hydroxyl groups is 2. The normalized spacial score (nSPS) is 17.5. The first-order valence-electron chi connectivity index (χ1n) is 9.19. The number of rotatable bonds is 11. The van der Waals surface area contributed by atoms with Gasteiger partial charge in [-0.15, -0.1) is 0 Å². The fraction of sp³-hybridized carbons (Fsp3) is 0.571. The molecule has 0 saturated heterocycles. The van der Waals surface area contributed by atoms with Crippen molar-refractivity contribution < 1.29 is 24.5 Å². The Balaban J connectivity index is 2.45. The summed E-state index contributed by atoms with van der Waals surface area (Å²) in [6.07, 6.45) is 1.46. The van der Waals surface area contributed by atoms with Crippen LogP contribution >= 0.6 is 0 Å². The first kappa shape index (κ1) is 22.4. The molecule has 0 heterocycles. The van der Waals surface area contributed by atoms with Crippen LogP contribution in [0.3, 0.4) is 0 Å². The van der Waals surface area contributed by atoms with E-state index in [1.54, 1.807) is 26.8 Å². The Kier molecular flexibility index (Phi) is 10.2. The average Bonchev–Trinajstić information content (AvgIpc) is 2.65. The van der Waals surface area contributed by atoms with Crippen LogP contribution in [0.2, 0.25) is 0 Å². The van der Waals surface area contributed by atoms with E-state index in [1.165, 1.54) is 6.08 Å². The average molecular weight is 364 g/mol. The van der Waals surface area contributed by atoms with Gasteiger partial charge in [-0.05, 0) is 12.5 Å². The highest BCUT2D eigenvalue weighted by molar-refractivity contribution is 5.81. The second-order valence-corrected chi connectivity index (χ2v) is 6.79. The number of aliphatic hydroxyl groups excluding tert-OH is 2. The molecule has 0 unspecified atom stereocenters. The molecule has 0 radical (unpaired) electrons. The summed E-state index contributed by atoms with van der Waals surface area (Å²) in [5.41, 5.74) is 1.08. The number of ether oxygens (including phenoxy) is 2.